The molecular formula is C17H18N2O2S. The molecule has 0 radical (unpaired) electrons. The van der Waals surface area contributed by atoms with E-state index in [-0.39, 0.29) is 0 Å². The molecule has 2 aromatic heterocycles. The van der Waals surface area contributed by atoms with Gasteiger partial charge in [-0.2, -0.15) is 0 Å². The summed E-state index contributed by atoms with van der Waals surface area (Å²) in [5, 5.41) is 4.38. The van der Waals surface area contributed by atoms with Crippen molar-refractivity contribution in [1.29, 1.82) is 0 Å². The SMILES string of the molecule is CCOc1ccccc1-c1cnc(CNCc2ccco2)s1. The molecule has 5 heteroatoms. The summed E-state index contributed by atoms with van der Waals surface area (Å²) in [5.74, 6) is 1.84. The topological polar surface area (TPSA) is 47.3 Å². The minimum Gasteiger partial charge on any atom is -0.493 e. The molecule has 0 aliphatic rings. The van der Waals surface area contributed by atoms with Crippen LogP contribution < -0.4 is 10.1 Å². The van der Waals surface area contributed by atoms with Crippen LogP contribution in [-0.4, -0.2) is 11.6 Å². The van der Waals surface area contributed by atoms with E-state index in [1.54, 1.807) is 17.6 Å². The fourth-order valence-corrected chi connectivity index (χ4v) is 3.09. The van der Waals surface area contributed by atoms with E-state index in [1.165, 1.54) is 0 Å². The summed E-state index contributed by atoms with van der Waals surface area (Å²) in [4.78, 5) is 5.61. The van der Waals surface area contributed by atoms with E-state index < -0.39 is 0 Å². The first-order valence-electron chi connectivity index (χ1n) is 7.27. The minimum absolute atomic E-state index is 0.660. The van der Waals surface area contributed by atoms with E-state index in [9.17, 15) is 0 Å². The third-order valence-corrected chi connectivity index (χ3v) is 4.19. The van der Waals surface area contributed by atoms with Gasteiger partial charge < -0.3 is 14.5 Å². The van der Waals surface area contributed by atoms with Gasteiger partial charge in [0.2, 0.25) is 0 Å². The monoisotopic (exact) mass is 314 g/mol. The molecule has 0 unspecified atom stereocenters. The fourth-order valence-electron chi connectivity index (χ4n) is 2.17. The Morgan fingerprint density at radius 3 is 2.91 bits per heavy atom. The Labute approximate surface area is 133 Å². The Balaban J connectivity index is 1.66. The molecule has 22 heavy (non-hydrogen) atoms. The smallest absolute Gasteiger partial charge is 0.127 e. The van der Waals surface area contributed by atoms with E-state index in [1.807, 2.05) is 43.5 Å². The number of nitrogens with one attached hydrogen (secondary N) is 1. The molecule has 3 aromatic rings. The summed E-state index contributed by atoms with van der Waals surface area (Å²) in [6.45, 7) is 4.08. The lowest BCUT2D eigenvalue weighted by Gasteiger charge is -2.07. The van der Waals surface area contributed by atoms with Crippen LogP contribution in [0.4, 0.5) is 0 Å². The van der Waals surface area contributed by atoms with Gasteiger partial charge in [0, 0.05) is 18.3 Å². The van der Waals surface area contributed by atoms with Crippen molar-refractivity contribution in [2.75, 3.05) is 6.61 Å². The number of para-hydroxylation sites is 1. The van der Waals surface area contributed by atoms with Crippen molar-refractivity contribution >= 4 is 11.3 Å². The first kappa shape index (κ1) is 14.8. The van der Waals surface area contributed by atoms with Crippen molar-refractivity contribution in [2.24, 2.45) is 0 Å². The second-order valence-electron chi connectivity index (χ2n) is 4.73. The number of aromatic nitrogens is 1. The highest BCUT2D eigenvalue weighted by Gasteiger charge is 2.09. The number of hydrogen-bond acceptors (Lipinski definition) is 5. The summed E-state index contributed by atoms with van der Waals surface area (Å²) in [6, 6.07) is 11.9. The van der Waals surface area contributed by atoms with Crippen LogP contribution in [-0.2, 0) is 13.1 Å². The predicted octanol–water partition coefficient (Wildman–Crippen LogP) is 4.09. The van der Waals surface area contributed by atoms with Crippen LogP contribution in [0.15, 0.2) is 53.3 Å². The zero-order chi connectivity index (χ0) is 15.2. The third kappa shape index (κ3) is 3.55. The van der Waals surface area contributed by atoms with Crippen LogP contribution in [0, 0.1) is 0 Å². The average Bonchev–Trinajstić information content (AvgIpc) is 3.20. The molecule has 3 rings (SSSR count). The Kier molecular flexibility index (Phi) is 4.88. The van der Waals surface area contributed by atoms with Crippen molar-refractivity contribution in [1.82, 2.24) is 10.3 Å². The quantitative estimate of drug-likeness (QED) is 0.713. The highest BCUT2D eigenvalue weighted by molar-refractivity contribution is 7.15. The van der Waals surface area contributed by atoms with Gasteiger partial charge in [-0.25, -0.2) is 4.98 Å². The largest absolute Gasteiger partial charge is 0.493 e. The van der Waals surface area contributed by atoms with Gasteiger partial charge in [-0.15, -0.1) is 11.3 Å². The molecule has 0 spiro atoms. The lowest BCUT2D eigenvalue weighted by Crippen LogP contribution is -2.11. The molecule has 1 N–H and O–H groups in total. The summed E-state index contributed by atoms with van der Waals surface area (Å²) in [5.41, 5.74) is 1.10. The molecule has 0 aliphatic heterocycles. The number of hydrogen-bond donors (Lipinski definition) is 1. The highest BCUT2D eigenvalue weighted by atomic mass is 32.1. The first-order chi connectivity index (χ1) is 10.9. The maximum atomic E-state index is 5.68. The van der Waals surface area contributed by atoms with Crippen molar-refractivity contribution in [2.45, 2.75) is 20.0 Å². The number of furan rings is 1. The van der Waals surface area contributed by atoms with Gasteiger partial charge >= 0.3 is 0 Å². The van der Waals surface area contributed by atoms with Gasteiger partial charge in [-0.1, -0.05) is 12.1 Å². The van der Waals surface area contributed by atoms with Crippen molar-refractivity contribution in [3.05, 3.63) is 59.6 Å². The Morgan fingerprint density at radius 2 is 2.09 bits per heavy atom. The van der Waals surface area contributed by atoms with E-state index in [2.05, 4.69) is 16.4 Å². The minimum atomic E-state index is 0.660. The van der Waals surface area contributed by atoms with Crippen molar-refractivity contribution in [3.63, 3.8) is 0 Å². The summed E-state index contributed by atoms with van der Waals surface area (Å²) in [7, 11) is 0. The lowest BCUT2D eigenvalue weighted by atomic mass is 10.2. The molecule has 0 fully saturated rings. The van der Waals surface area contributed by atoms with E-state index in [0.717, 1.165) is 33.5 Å². The Hall–Kier alpha value is -2.11. The molecule has 0 amide bonds. The van der Waals surface area contributed by atoms with Crippen LogP contribution in [0.25, 0.3) is 10.4 Å². The maximum Gasteiger partial charge on any atom is 0.127 e. The molecule has 0 aliphatic carbocycles. The Morgan fingerprint density at radius 1 is 1.18 bits per heavy atom. The molecule has 114 valence electrons. The van der Waals surface area contributed by atoms with Gasteiger partial charge in [0.05, 0.1) is 24.3 Å². The normalized spacial score (nSPS) is 10.8. The van der Waals surface area contributed by atoms with Gasteiger partial charge in [-0.05, 0) is 31.2 Å². The molecule has 2 heterocycles. The number of thiazole rings is 1. The first-order valence-corrected chi connectivity index (χ1v) is 8.08. The van der Waals surface area contributed by atoms with E-state index in [0.29, 0.717) is 13.2 Å². The molecule has 0 atom stereocenters. The molecule has 4 nitrogen and oxygen atoms in total. The zero-order valence-corrected chi connectivity index (χ0v) is 13.2. The number of benzene rings is 1. The summed E-state index contributed by atoms with van der Waals surface area (Å²) in [6.07, 6.45) is 3.59. The number of ether oxygens (including phenoxy) is 1. The Bertz CT molecular complexity index is 707. The van der Waals surface area contributed by atoms with Crippen LogP contribution in [0.1, 0.15) is 17.7 Å². The predicted molar refractivity (Wildman–Crippen MR) is 88.0 cm³/mol. The highest BCUT2D eigenvalue weighted by Crippen LogP contribution is 2.33. The van der Waals surface area contributed by atoms with Crippen LogP contribution in [0.2, 0.25) is 0 Å². The maximum absolute atomic E-state index is 5.68. The molecular weight excluding hydrogens is 296 g/mol. The van der Waals surface area contributed by atoms with Gasteiger partial charge in [0.25, 0.3) is 0 Å². The van der Waals surface area contributed by atoms with Crippen molar-refractivity contribution in [3.8, 4) is 16.2 Å². The van der Waals surface area contributed by atoms with Gasteiger partial charge in [0.15, 0.2) is 0 Å². The third-order valence-electron chi connectivity index (χ3n) is 3.16. The zero-order valence-electron chi connectivity index (χ0n) is 12.4. The standard InChI is InChI=1S/C17H18N2O2S/c1-2-20-15-8-4-3-7-14(15)16-11-19-17(22-16)12-18-10-13-6-5-9-21-13/h3-9,11,18H,2,10,12H2,1H3. The molecule has 0 saturated carbocycles. The van der Waals surface area contributed by atoms with E-state index >= 15 is 0 Å². The van der Waals surface area contributed by atoms with Crippen molar-refractivity contribution < 1.29 is 9.15 Å². The van der Waals surface area contributed by atoms with E-state index in [4.69, 9.17) is 9.15 Å². The van der Waals surface area contributed by atoms with Crippen LogP contribution in [0.5, 0.6) is 5.75 Å². The average molecular weight is 314 g/mol. The second-order valence-corrected chi connectivity index (χ2v) is 5.85. The number of rotatable bonds is 7. The van der Waals surface area contributed by atoms with Crippen LogP contribution in [0.3, 0.4) is 0 Å². The summed E-state index contributed by atoms with van der Waals surface area (Å²) >= 11 is 1.68. The second kappa shape index (κ2) is 7.24. The van der Waals surface area contributed by atoms with Gasteiger partial charge in [0.1, 0.15) is 16.5 Å². The summed E-state index contributed by atoms with van der Waals surface area (Å²) < 4.78 is 11.0. The molecule has 1 aromatic carbocycles. The van der Waals surface area contributed by atoms with Gasteiger partial charge in [-0.3, -0.25) is 0 Å². The molecule has 0 bridgehead atoms. The van der Waals surface area contributed by atoms with Crippen LogP contribution >= 0.6 is 11.3 Å². The lowest BCUT2D eigenvalue weighted by molar-refractivity contribution is 0.341. The number of nitrogens with zero attached hydrogens (tertiary/aromatic N) is 1. The molecule has 0 saturated heterocycles. The fraction of sp³-hybridized carbons (Fsp3) is 0.235.